The molecule has 15 nitrogen and oxygen atoms in total. The van der Waals surface area contributed by atoms with E-state index in [0.29, 0.717) is 23.0 Å². The van der Waals surface area contributed by atoms with Gasteiger partial charge in [0.25, 0.3) is 0 Å². The van der Waals surface area contributed by atoms with Crippen LogP contribution in [0.1, 0.15) is 23.2 Å². The summed E-state index contributed by atoms with van der Waals surface area (Å²) < 4.78 is 10.0. The summed E-state index contributed by atoms with van der Waals surface area (Å²) in [4.78, 5) is 46.1. The Morgan fingerprint density at radius 2 is 1.48 bits per heavy atom. The lowest BCUT2D eigenvalue weighted by molar-refractivity contribution is 0.101. The Labute approximate surface area is 171 Å². The van der Waals surface area contributed by atoms with Crippen molar-refractivity contribution in [3.63, 3.8) is 0 Å². The Kier molecular flexibility index (Phi) is 4.69. The average Bonchev–Trinajstić information content (AvgIpc) is 3.46. The highest BCUT2D eigenvalue weighted by molar-refractivity contribution is 5.97. The van der Waals surface area contributed by atoms with Crippen molar-refractivity contribution in [3.8, 4) is 11.6 Å². The fourth-order valence-corrected chi connectivity index (χ4v) is 2.63. The van der Waals surface area contributed by atoms with Crippen LogP contribution in [0.25, 0.3) is 22.9 Å². The fraction of sp³-hybridized carbons (Fsp3) is 0.250. The Hall–Kier alpha value is -4.56. The predicted molar refractivity (Wildman–Crippen MR) is 102 cm³/mol. The number of Topliss-reactive ketones (excluding diaryl/α,β-unsaturated/α-hetero) is 1. The molecule has 5 aromatic rings. The second-order valence-electron chi connectivity index (χ2n) is 6.40. The van der Waals surface area contributed by atoms with Gasteiger partial charge in [-0.15, -0.1) is 10.2 Å². The van der Waals surface area contributed by atoms with Crippen LogP contribution in [-0.2, 0) is 14.1 Å². The molecular formula is C16H15N11O4. The molecule has 31 heavy (non-hydrogen) atoms. The van der Waals surface area contributed by atoms with E-state index < -0.39 is 0 Å². The van der Waals surface area contributed by atoms with Gasteiger partial charge in [-0.3, -0.25) is 4.79 Å². The maximum atomic E-state index is 11.7. The molecule has 5 aromatic heterocycles. The van der Waals surface area contributed by atoms with E-state index in [4.69, 9.17) is 4.42 Å². The molecule has 158 valence electrons. The maximum Gasteiger partial charge on any atom is 0.352 e. The van der Waals surface area contributed by atoms with Gasteiger partial charge in [-0.05, 0) is 6.92 Å². The zero-order valence-corrected chi connectivity index (χ0v) is 16.8. The molecule has 0 fully saturated rings. The van der Waals surface area contributed by atoms with Crippen molar-refractivity contribution in [1.29, 1.82) is 0 Å². The molecule has 5 rings (SSSR count). The van der Waals surface area contributed by atoms with Crippen molar-refractivity contribution in [2.75, 3.05) is 0 Å². The molecule has 0 unspecified atom stereocenters. The predicted octanol–water partition coefficient (Wildman–Crippen LogP) is -1.19. The standard InChI is InChI=1S/C9H8N6O2.C7H7N5O2/c1-5-3-10-8(17-5)6-7-12-13-14(2)9(16)15(7)4-11-6;1-4(13)5-6-9-10-11(2)7(14)12(6)3-8-5/h3-4H,1-2H3;3H,1-2H3. The van der Waals surface area contributed by atoms with Crippen molar-refractivity contribution >= 4 is 17.1 Å². The zero-order valence-electron chi connectivity index (χ0n) is 16.8. The number of aryl methyl sites for hydroxylation is 3. The first-order valence-electron chi connectivity index (χ1n) is 8.75. The molecule has 0 aliphatic heterocycles. The normalized spacial score (nSPS) is 11.0. The van der Waals surface area contributed by atoms with Crippen LogP contribution in [-0.4, -0.2) is 59.5 Å². The molecule has 0 saturated heterocycles. The van der Waals surface area contributed by atoms with Gasteiger partial charge >= 0.3 is 11.4 Å². The summed E-state index contributed by atoms with van der Waals surface area (Å²) in [5.41, 5.74) is 0.390. The Balaban J connectivity index is 0.000000152. The minimum atomic E-state index is -0.380. The van der Waals surface area contributed by atoms with Gasteiger partial charge in [-0.25, -0.2) is 33.3 Å². The molecule has 0 aliphatic carbocycles. The Morgan fingerprint density at radius 3 is 2.06 bits per heavy atom. The summed E-state index contributed by atoms with van der Waals surface area (Å²) in [6.07, 6.45) is 4.22. The minimum absolute atomic E-state index is 0.162. The first-order valence-corrected chi connectivity index (χ1v) is 8.75. The summed E-state index contributed by atoms with van der Waals surface area (Å²) in [5, 5.41) is 14.9. The Morgan fingerprint density at radius 1 is 0.903 bits per heavy atom. The molecule has 0 aromatic carbocycles. The fourth-order valence-electron chi connectivity index (χ4n) is 2.63. The number of hydrogen-bond acceptors (Lipinski definition) is 11. The van der Waals surface area contributed by atoms with Crippen molar-refractivity contribution in [2.45, 2.75) is 13.8 Å². The largest absolute Gasteiger partial charge is 0.440 e. The molecule has 0 aliphatic rings. The number of nitrogens with zero attached hydrogens (tertiary/aromatic N) is 11. The summed E-state index contributed by atoms with van der Waals surface area (Å²) in [7, 11) is 2.99. The third kappa shape index (κ3) is 3.37. The van der Waals surface area contributed by atoms with Crippen LogP contribution in [0.5, 0.6) is 0 Å². The lowest BCUT2D eigenvalue weighted by Crippen LogP contribution is -2.27. The SMILES string of the molecule is CC(=O)c1ncn2c(=O)n(C)nnc12.Cc1cnc(-c2ncn3c(=O)n(C)nnc23)o1. The van der Waals surface area contributed by atoms with E-state index >= 15 is 0 Å². The van der Waals surface area contributed by atoms with Crippen molar-refractivity contribution in [1.82, 2.24) is 53.7 Å². The summed E-state index contributed by atoms with van der Waals surface area (Å²) >= 11 is 0. The highest BCUT2D eigenvalue weighted by atomic mass is 16.4. The van der Waals surface area contributed by atoms with E-state index in [0.717, 1.165) is 9.36 Å². The van der Waals surface area contributed by atoms with Crippen LogP contribution in [0.2, 0.25) is 0 Å². The highest BCUT2D eigenvalue weighted by Crippen LogP contribution is 2.19. The quantitative estimate of drug-likeness (QED) is 0.311. The molecule has 0 amide bonds. The molecule has 0 radical (unpaired) electrons. The van der Waals surface area contributed by atoms with Crippen LogP contribution < -0.4 is 11.4 Å². The van der Waals surface area contributed by atoms with Gasteiger partial charge in [0.05, 0.1) is 6.20 Å². The molecular weight excluding hydrogens is 410 g/mol. The number of rotatable bonds is 2. The van der Waals surface area contributed by atoms with E-state index in [-0.39, 0.29) is 28.5 Å². The monoisotopic (exact) mass is 425 g/mol. The topological polar surface area (TPSA) is 173 Å². The third-order valence-electron chi connectivity index (χ3n) is 4.15. The van der Waals surface area contributed by atoms with Gasteiger partial charge < -0.3 is 4.42 Å². The number of fused-ring (bicyclic) bond motifs is 2. The van der Waals surface area contributed by atoms with E-state index in [2.05, 4.69) is 35.6 Å². The third-order valence-corrected chi connectivity index (χ3v) is 4.15. The van der Waals surface area contributed by atoms with Crippen LogP contribution >= 0.6 is 0 Å². The number of oxazole rings is 1. The second-order valence-corrected chi connectivity index (χ2v) is 6.40. The molecule has 15 heteroatoms. The van der Waals surface area contributed by atoms with E-state index in [1.54, 1.807) is 13.1 Å². The average molecular weight is 425 g/mol. The van der Waals surface area contributed by atoms with Gasteiger partial charge in [-0.2, -0.15) is 9.36 Å². The molecule has 0 bridgehead atoms. The number of ketones is 1. The zero-order chi connectivity index (χ0) is 22.3. The summed E-state index contributed by atoms with van der Waals surface area (Å²) in [6.45, 7) is 3.14. The molecule has 0 saturated carbocycles. The van der Waals surface area contributed by atoms with Crippen LogP contribution in [0.4, 0.5) is 0 Å². The van der Waals surface area contributed by atoms with Crippen LogP contribution in [0, 0.1) is 6.92 Å². The van der Waals surface area contributed by atoms with Gasteiger partial charge in [0.1, 0.15) is 18.4 Å². The van der Waals surface area contributed by atoms with Crippen LogP contribution in [0.3, 0.4) is 0 Å². The van der Waals surface area contributed by atoms with Crippen molar-refractivity contribution in [3.05, 3.63) is 51.3 Å². The number of carbonyl (C=O) groups is 1. The molecule has 0 atom stereocenters. The van der Waals surface area contributed by atoms with Gasteiger partial charge in [0.15, 0.2) is 28.5 Å². The van der Waals surface area contributed by atoms with Gasteiger partial charge in [0, 0.05) is 21.0 Å². The van der Waals surface area contributed by atoms with Crippen LogP contribution in [0.15, 0.2) is 32.9 Å². The lowest BCUT2D eigenvalue weighted by Gasteiger charge is -1.95. The summed E-state index contributed by atoms with van der Waals surface area (Å²) in [6, 6.07) is 0. The number of carbonyl (C=O) groups excluding carboxylic acids is 1. The number of imidazole rings is 2. The van der Waals surface area contributed by atoms with Crippen molar-refractivity contribution in [2.24, 2.45) is 14.1 Å². The van der Waals surface area contributed by atoms with E-state index in [1.807, 2.05) is 0 Å². The first-order chi connectivity index (χ1) is 14.8. The minimum Gasteiger partial charge on any atom is -0.440 e. The highest BCUT2D eigenvalue weighted by Gasteiger charge is 2.16. The number of aromatic nitrogens is 11. The lowest BCUT2D eigenvalue weighted by atomic mass is 10.3. The van der Waals surface area contributed by atoms with Gasteiger partial charge in [0.2, 0.25) is 5.89 Å². The maximum absolute atomic E-state index is 11.7. The second kappa shape index (κ2) is 7.36. The smallest absolute Gasteiger partial charge is 0.352 e. The molecule has 0 N–H and O–H groups in total. The van der Waals surface area contributed by atoms with E-state index in [1.165, 1.54) is 42.5 Å². The summed E-state index contributed by atoms with van der Waals surface area (Å²) in [5.74, 6) is 0.751. The molecule has 5 heterocycles. The Bertz CT molecular complexity index is 1550. The molecule has 0 spiro atoms. The first kappa shape index (κ1) is 19.7. The van der Waals surface area contributed by atoms with Gasteiger partial charge in [-0.1, -0.05) is 10.4 Å². The van der Waals surface area contributed by atoms with E-state index in [9.17, 15) is 14.4 Å². The number of hydrogen-bond donors (Lipinski definition) is 0. The van der Waals surface area contributed by atoms with Crippen molar-refractivity contribution < 1.29 is 9.21 Å².